The molecule has 7 heteroatoms. The summed E-state index contributed by atoms with van der Waals surface area (Å²) in [5, 5.41) is 4.21. The molecule has 0 radical (unpaired) electrons. The molecule has 1 atom stereocenters. The predicted octanol–water partition coefficient (Wildman–Crippen LogP) is 3.60. The number of carbonyl (C=O) groups excluding carboxylic acids is 1. The lowest BCUT2D eigenvalue weighted by atomic mass is 10.1. The van der Waals surface area contributed by atoms with Gasteiger partial charge in [0, 0.05) is 45.1 Å². The van der Waals surface area contributed by atoms with Crippen LogP contribution < -0.4 is 9.47 Å². The Morgan fingerprint density at radius 3 is 2.60 bits per heavy atom. The molecule has 0 N–H and O–H groups in total. The van der Waals surface area contributed by atoms with Crippen LogP contribution in [0, 0.1) is 0 Å². The maximum absolute atomic E-state index is 13.1. The van der Waals surface area contributed by atoms with Gasteiger partial charge in [-0.1, -0.05) is 6.07 Å². The molecular weight excluding hydrogens is 398 g/mol. The van der Waals surface area contributed by atoms with E-state index < -0.39 is 0 Å². The SMILES string of the molecule is O=C(C[C@H](c1ccsc1)n1cccc1)N1CCN(Cc2ccc3c(c2)OCO3)CC1. The van der Waals surface area contributed by atoms with Crippen molar-refractivity contribution in [3.8, 4) is 11.5 Å². The molecule has 4 heterocycles. The minimum absolute atomic E-state index is 0.0606. The van der Waals surface area contributed by atoms with Gasteiger partial charge in [0.15, 0.2) is 11.5 Å². The van der Waals surface area contributed by atoms with E-state index >= 15 is 0 Å². The summed E-state index contributed by atoms with van der Waals surface area (Å²) in [6, 6.07) is 12.3. The quantitative estimate of drug-likeness (QED) is 0.608. The number of carbonyl (C=O) groups is 1. The van der Waals surface area contributed by atoms with Crippen molar-refractivity contribution in [2.75, 3.05) is 33.0 Å². The Morgan fingerprint density at radius 2 is 1.83 bits per heavy atom. The summed E-state index contributed by atoms with van der Waals surface area (Å²) < 4.78 is 13.0. The van der Waals surface area contributed by atoms with Crippen molar-refractivity contribution in [2.45, 2.75) is 19.0 Å². The van der Waals surface area contributed by atoms with Gasteiger partial charge in [-0.15, -0.1) is 0 Å². The van der Waals surface area contributed by atoms with Crippen molar-refractivity contribution in [1.82, 2.24) is 14.4 Å². The number of benzene rings is 1. The number of rotatable bonds is 6. The summed E-state index contributed by atoms with van der Waals surface area (Å²) in [5.74, 6) is 1.87. The molecule has 3 aromatic rings. The predicted molar refractivity (Wildman–Crippen MR) is 116 cm³/mol. The fourth-order valence-electron chi connectivity index (χ4n) is 4.16. The highest BCUT2D eigenvalue weighted by molar-refractivity contribution is 7.08. The molecule has 2 aliphatic heterocycles. The zero-order valence-corrected chi connectivity index (χ0v) is 17.6. The van der Waals surface area contributed by atoms with Gasteiger partial charge >= 0.3 is 0 Å². The van der Waals surface area contributed by atoms with Crippen molar-refractivity contribution >= 4 is 17.2 Å². The molecule has 1 amide bonds. The number of hydrogen-bond acceptors (Lipinski definition) is 5. The molecule has 6 nitrogen and oxygen atoms in total. The van der Waals surface area contributed by atoms with E-state index in [2.05, 4.69) is 38.4 Å². The number of nitrogens with zero attached hydrogens (tertiary/aromatic N) is 3. The summed E-state index contributed by atoms with van der Waals surface area (Å²) in [5.41, 5.74) is 2.41. The lowest BCUT2D eigenvalue weighted by Gasteiger charge is -2.35. The Kier molecular flexibility index (Phi) is 5.46. The molecule has 2 aliphatic rings. The Balaban J connectivity index is 1.17. The van der Waals surface area contributed by atoms with Crippen LogP contribution in [0.2, 0.25) is 0 Å². The van der Waals surface area contributed by atoms with Crippen molar-refractivity contribution in [2.24, 2.45) is 0 Å². The monoisotopic (exact) mass is 423 g/mol. The van der Waals surface area contributed by atoms with Crippen LogP contribution in [0.25, 0.3) is 0 Å². The molecule has 0 saturated carbocycles. The second-order valence-electron chi connectivity index (χ2n) is 7.75. The minimum atomic E-state index is 0.0606. The molecule has 2 aromatic heterocycles. The number of fused-ring (bicyclic) bond motifs is 1. The van der Waals surface area contributed by atoms with E-state index in [-0.39, 0.29) is 11.9 Å². The first-order valence-corrected chi connectivity index (χ1v) is 11.2. The van der Waals surface area contributed by atoms with E-state index in [1.165, 1.54) is 11.1 Å². The number of aromatic nitrogens is 1. The van der Waals surface area contributed by atoms with E-state index in [0.29, 0.717) is 13.2 Å². The largest absolute Gasteiger partial charge is 0.454 e. The van der Waals surface area contributed by atoms with Gasteiger partial charge in [-0.3, -0.25) is 9.69 Å². The van der Waals surface area contributed by atoms with E-state index in [9.17, 15) is 4.79 Å². The summed E-state index contributed by atoms with van der Waals surface area (Å²) in [4.78, 5) is 17.5. The molecule has 156 valence electrons. The summed E-state index contributed by atoms with van der Waals surface area (Å²) in [6.45, 7) is 4.46. The van der Waals surface area contributed by atoms with Gasteiger partial charge in [0.2, 0.25) is 12.7 Å². The Morgan fingerprint density at radius 1 is 1.03 bits per heavy atom. The highest BCUT2D eigenvalue weighted by Crippen LogP contribution is 2.33. The average Bonchev–Trinajstić information content (AvgIpc) is 3.55. The minimum Gasteiger partial charge on any atom is -0.454 e. The van der Waals surface area contributed by atoms with Crippen LogP contribution in [-0.4, -0.2) is 53.2 Å². The Hall–Kier alpha value is -2.77. The van der Waals surface area contributed by atoms with Crippen molar-refractivity contribution < 1.29 is 14.3 Å². The number of amides is 1. The molecule has 0 unspecified atom stereocenters. The van der Waals surface area contributed by atoms with Crippen LogP contribution in [0.3, 0.4) is 0 Å². The Labute approximate surface area is 180 Å². The number of hydrogen-bond donors (Lipinski definition) is 0. The van der Waals surface area contributed by atoms with Gasteiger partial charge in [-0.05, 0) is 52.2 Å². The maximum Gasteiger partial charge on any atom is 0.231 e. The molecule has 1 fully saturated rings. The van der Waals surface area contributed by atoms with Gasteiger partial charge in [0.25, 0.3) is 0 Å². The lowest BCUT2D eigenvalue weighted by molar-refractivity contribution is -0.133. The average molecular weight is 424 g/mol. The zero-order chi connectivity index (χ0) is 20.3. The van der Waals surface area contributed by atoms with Gasteiger partial charge in [-0.2, -0.15) is 11.3 Å². The number of ether oxygens (including phenoxy) is 2. The van der Waals surface area contributed by atoms with E-state index in [1.807, 2.05) is 35.5 Å². The van der Waals surface area contributed by atoms with Gasteiger partial charge in [0.05, 0.1) is 12.5 Å². The summed E-state index contributed by atoms with van der Waals surface area (Å²) in [7, 11) is 0. The van der Waals surface area contributed by atoms with Gasteiger partial charge in [0.1, 0.15) is 0 Å². The fourth-order valence-corrected chi connectivity index (χ4v) is 4.87. The highest BCUT2D eigenvalue weighted by Gasteiger charge is 2.25. The van der Waals surface area contributed by atoms with Crippen molar-refractivity contribution in [1.29, 1.82) is 0 Å². The second-order valence-corrected chi connectivity index (χ2v) is 8.53. The third-order valence-corrected chi connectivity index (χ3v) is 6.55. The Bertz CT molecular complexity index is 945. The first kappa shape index (κ1) is 19.2. The highest BCUT2D eigenvalue weighted by atomic mass is 32.1. The third kappa shape index (κ3) is 4.08. The van der Waals surface area contributed by atoms with Crippen molar-refractivity contribution in [3.63, 3.8) is 0 Å². The van der Waals surface area contributed by atoms with E-state index in [1.54, 1.807) is 11.3 Å². The molecule has 0 aliphatic carbocycles. The normalized spacial score (nSPS) is 17.3. The third-order valence-electron chi connectivity index (χ3n) is 5.85. The summed E-state index contributed by atoms with van der Waals surface area (Å²) >= 11 is 1.67. The van der Waals surface area contributed by atoms with Crippen LogP contribution >= 0.6 is 11.3 Å². The van der Waals surface area contributed by atoms with Crippen LogP contribution in [-0.2, 0) is 11.3 Å². The first-order valence-electron chi connectivity index (χ1n) is 10.3. The standard InChI is InChI=1S/C23H25N3O3S/c27-23(14-20(19-5-12-30-16-19)25-6-1-2-7-25)26-10-8-24(9-11-26)15-18-3-4-21-22(13-18)29-17-28-21/h1-7,12-13,16,20H,8-11,14-15,17H2/t20-/m1/s1. The first-order chi connectivity index (χ1) is 14.8. The molecule has 0 bridgehead atoms. The number of thiophene rings is 1. The zero-order valence-electron chi connectivity index (χ0n) is 16.8. The van der Waals surface area contributed by atoms with Crippen LogP contribution in [0.1, 0.15) is 23.6 Å². The van der Waals surface area contributed by atoms with Crippen LogP contribution in [0.4, 0.5) is 0 Å². The second kappa shape index (κ2) is 8.53. The van der Waals surface area contributed by atoms with Crippen molar-refractivity contribution in [3.05, 3.63) is 70.7 Å². The summed E-state index contributed by atoms with van der Waals surface area (Å²) in [6.07, 6.45) is 4.57. The molecule has 30 heavy (non-hydrogen) atoms. The topological polar surface area (TPSA) is 46.9 Å². The molecule has 0 spiro atoms. The van der Waals surface area contributed by atoms with Gasteiger partial charge in [-0.25, -0.2) is 0 Å². The number of piperazine rings is 1. The lowest BCUT2D eigenvalue weighted by Crippen LogP contribution is -2.48. The van der Waals surface area contributed by atoms with Gasteiger partial charge < -0.3 is 18.9 Å². The maximum atomic E-state index is 13.1. The van der Waals surface area contributed by atoms with Crippen LogP contribution in [0.15, 0.2) is 59.6 Å². The molecule has 5 rings (SSSR count). The fraction of sp³-hybridized carbons (Fsp3) is 0.348. The van der Waals surface area contributed by atoms with Crippen LogP contribution in [0.5, 0.6) is 11.5 Å². The smallest absolute Gasteiger partial charge is 0.231 e. The van der Waals surface area contributed by atoms with E-state index in [4.69, 9.17) is 9.47 Å². The molecule has 1 saturated heterocycles. The van der Waals surface area contributed by atoms with E-state index in [0.717, 1.165) is 44.2 Å². The molecular formula is C23H25N3O3S. The molecule has 1 aromatic carbocycles.